The van der Waals surface area contributed by atoms with Crippen LogP contribution in [0.4, 0.5) is 0 Å². The number of benzene rings is 1. The highest BCUT2D eigenvalue weighted by Crippen LogP contribution is 2.12. The third-order valence-corrected chi connectivity index (χ3v) is 3.40. The molecule has 2 aromatic rings. The van der Waals surface area contributed by atoms with E-state index in [1.165, 1.54) is 0 Å². The number of nitrogens with zero attached hydrogens (tertiary/aromatic N) is 2. The van der Waals surface area contributed by atoms with Gasteiger partial charge < -0.3 is 14.6 Å². The van der Waals surface area contributed by atoms with Crippen molar-refractivity contribution < 1.29 is 9.53 Å². The van der Waals surface area contributed by atoms with Crippen LogP contribution in [0.5, 0.6) is 0 Å². The second-order valence-corrected chi connectivity index (χ2v) is 4.80. The third kappa shape index (κ3) is 2.76. The van der Waals surface area contributed by atoms with Crippen LogP contribution in [-0.4, -0.2) is 34.7 Å². The Morgan fingerprint density at radius 2 is 2.37 bits per heavy atom. The van der Waals surface area contributed by atoms with Crippen molar-refractivity contribution in [2.45, 2.75) is 25.4 Å². The van der Waals surface area contributed by atoms with Gasteiger partial charge in [-0.3, -0.25) is 4.79 Å². The number of carbonyl (C=O) groups excluding carboxylic acids is 1. The molecule has 100 valence electrons. The molecule has 1 fully saturated rings. The van der Waals surface area contributed by atoms with Crippen LogP contribution in [0.25, 0.3) is 11.0 Å². The quantitative estimate of drug-likeness (QED) is 0.901. The van der Waals surface area contributed by atoms with Crippen LogP contribution in [0.3, 0.4) is 0 Å². The van der Waals surface area contributed by atoms with Crippen molar-refractivity contribution in [1.82, 2.24) is 14.9 Å². The fraction of sp³-hybridized carbons (Fsp3) is 0.429. The summed E-state index contributed by atoms with van der Waals surface area (Å²) in [5, 5.41) is 2.99. The van der Waals surface area contributed by atoms with Crippen molar-refractivity contribution >= 4 is 16.9 Å². The normalized spacial score (nSPS) is 18.8. The van der Waals surface area contributed by atoms with Crippen LogP contribution in [0.2, 0.25) is 0 Å². The van der Waals surface area contributed by atoms with Gasteiger partial charge in [-0.25, -0.2) is 4.98 Å². The molecule has 1 atom stereocenters. The van der Waals surface area contributed by atoms with Gasteiger partial charge in [0.25, 0.3) is 0 Å². The van der Waals surface area contributed by atoms with Crippen molar-refractivity contribution in [2.24, 2.45) is 0 Å². The standard InChI is InChI=1S/C14H17N3O2/c18-14(16-11-6-8-19-9-11)5-7-17-10-15-12-3-1-2-4-13(12)17/h1-4,10-11H,5-9H2,(H,16,18)/t11-/m1/s1. The Bertz CT molecular complexity index is 573. The minimum absolute atomic E-state index is 0.0771. The predicted molar refractivity (Wildman–Crippen MR) is 71.7 cm³/mol. The summed E-state index contributed by atoms with van der Waals surface area (Å²) >= 11 is 0. The molecule has 5 nitrogen and oxygen atoms in total. The number of nitrogens with one attached hydrogen (secondary N) is 1. The first-order valence-electron chi connectivity index (χ1n) is 6.60. The van der Waals surface area contributed by atoms with Crippen LogP contribution in [0.15, 0.2) is 30.6 Å². The lowest BCUT2D eigenvalue weighted by molar-refractivity contribution is -0.122. The summed E-state index contributed by atoms with van der Waals surface area (Å²) in [7, 11) is 0. The molecule has 5 heteroatoms. The van der Waals surface area contributed by atoms with Gasteiger partial charge in [-0.05, 0) is 18.6 Å². The topological polar surface area (TPSA) is 56.2 Å². The predicted octanol–water partition coefficient (Wildman–Crippen LogP) is 1.33. The smallest absolute Gasteiger partial charge is 0.222 e. The number of carbonyl (C=O) groups is 1. The average molecular weight is 259 g/mol. The molecule has 1 aromatic carbocycles. The third-order valence-electron chi connectivity index (χ3n) is 3.40. The summed E-state index contributed by atoms with van der Waals surface area (Å²) in [6, 6.07) is 8.13. The Balaban J connectivity index is 1.58. The highest BCUT2D eigenvalue weighted by Gasteiger charge is 2.17. The van der Waals surface area contributed by atoms with Gasteiger partial charge in [-0.15, -0.1) is 0 Å². The van der Waals surface area contributed by atoms with Crippen molar-refractivity contribution in [3.05, 3.63) is 30.6 Å². The average Bonchev–Trinajstić information content (AvgIpc) is 3.05. The fourth-order valence-electron chi connectivity index (χ4n) is 2.36. The molecule has 0 bridgehead atoms. The minimum Gasteiger partial charge on any atom is -0.379 e. The molecular formula is C14H17N3O2. The molecule has 0 unspecified atom stereocenters. The molecule has 2 heterocycles. The summed E-state index contributed by atoms with van der Waals surface area (Å²) in [6.45, 7) is 2.04. The molecule has 1 aliphatic heterocycles. The highest BCUT2D eigenvalue weighted by atomic mass is 16.5. The largest absolute Gasteiger partial charge is 0.379 e. The van der Waals surface area contributed by atoms with E-state index < -0.39 is 0 Å². The van der Waals surface area contributed by atoms with E-state index in [1.807, 2.05) is 28.8 Å². The maximum Gasteiger partial charge on any atom is 0.222 e. The number of aryl methyl sites for hydroxylation is 1. The molecule has 1 saturated heterocycles. The molecular weight excluding hydrogens is 242 g/mol. The van der Waals surface area contributed by atoms with Crippen LogP contribution in [-0.2, 0) is 16.1 Å². The molecule has 1 aromatic heterocycles. The Morgan fingerprint density at radius 3 is 3.21 bits per heavy atom. The number of rotatable bonds is 4. The van der Waals surface area contributed by atoms with E-state index in [4.69, 9.17) is 4.74 Å². The zero-order valence-corrected chi connectivity index (χ0v) is 10.7. The summed E-state index contributed by atoms with van der Waals surface area (Å²) in [6.07, 6.45) is 3.17. The van der Waals surface area contributed by atoms with Gasteiger partial charge in [0.15, 0.2) is 0 Å². The van der Waals surface area contributed by atoms with E-state index in [0.717, 1.165) is 24.1 Å². The maximum absolute atomic E-state index is 11.8. The molecule has 19 heavy (non-hydrogen) atoms. The second-order valence-electron chi connectivity index (χ2n) is 4.80. The first-order chi connectivity index (χ1) is 9.33. The number of aromatic nitrogens is 2. The van der Waals surface area contributed by atoms with Crippen molar-refractivity contribution in [2.75, 3.05) is 13.2 Å². The van der Waals surface area contributed by atoms with E-state index in [9.17, 15) is 4.79 Å². The van der Waals surface area contributed by atoms with Crippen LogP contribution in [0.1, 0.15) is 12.8 Å². The summed E-state index contributed by atoms with van der Waals surface area (Å²) < 4.78 is 7.25. The molecule has 0 radical (unpaired) electrons. The van der Waals surface area contributed by atoms with Gasteiger partial charge in [0.05, 0.1) is 30.0 Å². The van der Waals surface area contributed by atoms with E-state index in [1.54, 1.807) is 6.33 Å². The Labute approximate surface area is 111 Å². The monoisotopic (exact) mass is 259 g/mol. The molecule has 1 amide bonds. The maximum atomic E-state index is 11.8. The van der Waals surface area contributed by atoms with Crippen molar-refractivity contribution in [3.63, 3.8) is 0 Å². The lowest BCUT2D eigenvalue weighted by Gasteiger charge is -2.10. The number of ether oxygens (including phenoxy) is 1. The van der Waals surface area contributed by atoms with E-state index >= 15 is 0 Å². The fourth-order valence-corrected chi connectivity index (χ4v) is 2.36. The zero-order chi connectivity index (χ0) is 13.1. The molecule has 0 aliphatic carbocycles. The van der Waals surface area contributed by atoms with Crippen molar-refractivity contribution in [3.8, 4) is 0 Å². The lowest BCUT2D eigenvalue weighted by atomic mass is 10.2. The first kappa shape index (κ1) is 12.2. The minimum atomic E-state index is 0.0771. The number of para-hydroxylation sites is 2. The summed E-state index contributed by atoms with van der Waals surface area (Å²) in [5.41, 5.74) is 2.03. The Morgan fingerprint density at radius 1 is 1.47 bits per heavy atom. The number of hydrogen-bond acceptors (Lipinski definition) is 3. The van der Waals surface area contributed by atoms with Crippen LogP contribution >= 0.6 is 0 Å². The summed E-state index contributed by atoms with van der Waals surface area (Å²) in [4.78, 5) is 16.1. The second kappa shape index (κ2) is 5.40. The first-order valence-corrected chi connectivity index (χ1v) is 6.60. The van der Waals surface area contributed by atoms with Gasteiger partial charge >= 0.3 is 0 Å². The number of amides is 1. The molecule has 0 spiro atoms. The number of hydrogen-bond donors (Lipinski definition) is 1. The van der Waals surface area contributed by atoms with E-state index in [-0.39, 0.29) is 11.9 Å². The van der Waals surface area contributed by atoms with Gasteiger partial charge in [-0.1, -0.05) is 12.1 Å². The van der Waals surface area contributed by atoms with E-state index in [0.29, 0.717) is 19.6 Å². The Kier molecular flexibility index (Phi) is 3.46. The zero-order valence-electron chi connectivity index (χ0n) is 10.7. The Hall–Kier alpha value is -1.88. The van der Waals surface area contributed by atoms with Gasteiger partial charge in [-0.2, -0.15) is 0 Å². The molecule has 1 N–H and O–H groups in total. The van der Waals surface area contributed by atoms with Crippen molar-refractivity contribution in [1.29, 1.82) is 0 Å². The molecule has 1 aliphatic rings. The van der Waals surface area contributed by atoms with Gasteiger partial charge in [0.2, 0.25) is 5.91 Å². The number of imidazole rings is 1. The van der Waals surface area contributed by atoms with Gasteiger partial charge in [0.1, 0.15) is 0 Å². The van der Waals surface area contributed by atoms with E-state index in [2.05, 4.69) is 10.3 Å². The lowest BCUT2D eigenvalue weighted by Crippen LogP contribution is -2.35. The SMILES string of the molecule is O=C(CCn1cnc2ccccc21)N[C@@H]1CCOC1. The highest BCUT2D eigenvalue weighted by molar-refractivity contribution is 5.77. The molecule has 3 rings (SSSR count). The van der Waals surface area contributed by atoms with Crippen LogP contribution in [0, 0.1) is 0 Å². The number of fused-ring (bicyclic) bond motifs is 1. The summed E-state index contributed by atoms with van der Waals surface area (Å²) in [5.74, 6) is 0.0771. The van der Waals surface area contributed by atoms with Crippen LogP contribution < -0.4 is 5.32 Å². The van der Waals surface area contributed by atoms with Gasteiger partial charge in [0, 0.05) is 19.6 Å². The molecule has 0 saturated carbocycles.